The summed E-state index contributed by atoms with van der Waals surface area (Å²) in [6.07, 6.45) is 1.82. The molecule has 0 aliphatic heterocycles. The quantitative estimate of drug-likeness (QED) is 0.656. The van der Waals surface area contributed by atoms with Crippen molar-refractivity contribution >= 4 is 12.1 Å². The van der Waals surface area contributed by atoms with Crippen LogP contribution in [0.5, 0.6) is 0 Å². The van der Waals surface area contributed by atoms with Crippen LogP contribution in [0, 0.1) is 0 Å². The lowest BCUT2D eigenvalue weighted by Crippen LogP contribution is -2.15. The van der Waals surface area contributed by atoms with Crippen LogP contribution in [0.1, 0.15) is 26.3 Å². The second kappa shape index (κ2) is 3.82. The fourth-order valence-corrected chi connectivity index (χ4v) is 1.24. The highest BCUT2D eigenvalue weighted by atomic mass is 16.1. The largest absolute Gasteiger partial charge is 0.316 e. The molecule has 0 saturated heterocycles. The molecular formula is C12H16NO. The van der Waals surface area contributed by atoms with Crippen LogP contribution >= 0.6 is 0 Å². The molecule has 1 rings (SSSR count). The first-order chi connectivity index (χ1) is 6.45. The normalized spacial score (nSPS) is 11.1. The maximum Gasteiger partial charge on any atom is 0.316 e. The van der Waals surface area contributed by atoms with Crippen LogP contribution < -0.4 is 4.90 Å². The van der Waals surface area contributed by atoms with Gasteiger partial charge in [-0.05, 0) is 23.1 Å². The zero-order valence-electron chi connectivity index (χ0n) is 9.16. The number of hydrogen-bond acceptors (Lipinski definition) is 1. The topological polar surface area (TPSA) is 20.3 Å². The number of benzene rings is 1. The molecule has 2 heteroatoms. The predicted octanol–water partition coefficient (Wildman–Crippen LogP) is 2.49. The molecule has 14 heavy (non-hydrogen) atoms. The molecule has 0 saturated carbocycles. The van der Waals surface area contributed by atoms with Gasteiger partial charge in [-0.3, -0.25) is 4.79 Å². The van der Waals surface area contributed by atoms with Gasteiger partial charge in [-0.15, -0.1) is 0 Å². The average molecular weight is 190 g/mol. The highest BCUT2D eigenvalue weighted by molar-refractivity contribution is 5.74. The van der Waals surface area contributed by atoms with E-state index < -0.39 is 0 Å². The van der Waals surface area contributed by atoms with E-state index in [9.17, 15) is 4.79 Å². The molecule has 75 valence electrons. The van der Waals surface area contributed by atoms with Crippen molar-refractivity contribution in [1.29, 1.82) is 0 Å². The zero-order valence-corrected chi connectivity index (χ0v) is 9.16. The van der Waals surface area contributed by atoms with E-state index >= 15 is 0 Å². The Morgan fingerprint density at radius 3 is 2.00 bits per heavy atom. The summed E-state index contributed by atoms with van der Waals surface area (Å²) in [6.45, 7) is 6.49. The summed E-state index contributed by atoms with van der Waals surface area (Å²) >= 11 is 0. The summed E-state index contributed by atoms with van der Waals surface area (Å²) in [5.74, 6) is 0. The molecule has 1 radical (unpaired) electrons. The number of carbonyl (C=O) groups excluding carboxylic acids is 1. The van der Waals surface area contributed by atoms with E-state index in [1.807, 2.05) is 30.7 Å². The highest BCUT2D eigenvalue weighted by Crippen LogP contribution is 2.24. The first-order valence-corrected chi connectivity index (χ1v) is 4.67. The lowest BCUT2D eigenvalue weighted by Gasteiger charge is -2.20. The lowest BCUT2D eigenvalue weighted by atomic mass is 9.87. The summed E-state index contributed by atoms with van der Waals surface area (Å²) in [6, 6.07) is 7.96. The van der Waals surface area contributed by atoms with E-state index in [1.54, 1.807) is 7.05 Å². The smallest absolute Gasteiger partial charge is 0.307 e. The van der Waals surface area contributed by atoms with Crippen molar-refractivity contribution in [3.8, 4) is 0 Å². The van der Waals surface area contributed by atoms with Crippen molar-refractivity contribution in [2.24, 2.45) is 0 Å². The molecule has 0 heterocycles. The number of amides is 1. The Kier molecular flexibility index (Phi) is 2.94. The van der Waals surface area contributed by atoms with Crippen molar-refractivity contribution < 1.29 is 4.79 Å². The molecule has 0 unspecified atom stereocenters. The van der Waals surface area contributed by atoms with E-state index in [4.69, 9.17) is 0 Å². The van der Waals surface area contributed by atoms with Crippen molar-refractivity contribution in [1.82, 2.24) is 0 Å². The van der Waals surface area contributed by atoms with Gasteiger partial charge >= 0.3 is 6.41 Å². The van der Waals surface area contributed by atoms with E-state index in [-0.39, 0.29) is 5.41 Å². The van der Waals surface area contributed by atoms with Gasteiger partial charge in [0.1, 0.15) is 0 Å². The molecule has 0 spiro atoms. The monoisotopic (exact) mass is 190 g/mol. The van der Waals surface area contributed by atoms with Gasteiger partial charge in [0.15, 0.2) is 0 Å². The Bertz CT molecular complexity index is 308. The van der Waals surface area contributed by atoms with E-state index in [2.05, 4.69) is 20.8 Å². The first-order valence-electron chi connectivity index (χ1n) is 4.67. The minimum absolute atomic E-state index is 0.155. The number of rotatable bonds is 2. The second-order valence-corrected chi connectivity index (χ2v) is 4.45. The molecule has 2 nitrogen and oxygen atoms in total. The molecule has 0 aliphatic rings. The summed E-state index contributed by atoms with van der Waals surface area (Å²) in [4.78, 5) is 11.8. The zero-order chi connectivity index (χ0) is 10.8. The van der Waals surface area contributed by atoms with Gasteiger partial charge in [-0.25, -0.2) is 0 Å². The fourth-order valence-electron chi connectivity index (χ4n) is 1.24. The first kappa shape index (κ1) is 10.8. The van der Waals surface area contributed by atoms with E-state index in [0.29, 0.717) is 0 Å². The summed E-state index contributed by atoms with van der Waals surface area (Å²) in [5, 5.41) is 0. The Balaban J connectivity index is 2.95. The molecule has 0 fully saturated rings. The van der Waals surface area contributed by atoms with E-state index in [0.717, 1.165) is 5.69 Å². The van der Waals surface area contributed by atoms with E-state index in [1.165, 1.54) is 10.5 Å². The molecule has 1 aromatic rings. The molecule has 0 N–H and O–H groups in total. The van der Waals surface area contributed by atoms with Crippen molar-refractivity contribution in [2.75, 3.05) is 11.9 Å². The third-order valence-electron chi connectivity index (χ3n) is 2.26. The second-order valence-electron chi connectivity index (χ2n) is 4.45. The molecule has 0 aromatic heterocycles. The molecular weight excluding hydrogens is 174 g/mol. The number of nitrogens with zero attached hydrogens (tertiary/aromatic N) is 1. The number of hydrogen-bond donors (Lipinski definition) is 0. The van der Waals surface area contributed by atoms with Gasteiger partial charge in [-0.1, -0.05) is 32.9 Å². The van der Waals surface area contributed by atoms with Crippen molar-refractivity contribution in [3.63, 3.8) is 0 Å². The van der Waals surface area contributed by atoms with Gasteiger partial charge in [0.25, 0.3) is 0 Å². The Morgan fingerprint density at radius 2 is 1.64 bits per heavy atom. The van der Waals surface area contributed by atoms with Crippen LogP contribution in [0.25, 0.3) is 0 Å². The maximum atomic E-state index is 10.4. The highest BCUT2D eigenvalue weighted by Gasteiger charge is 2.13. The lowest BCUT2D eigenvalue weighted by molar-refractivity contribution is 0.554. The Morgan fingerprint density at radius 1 is 1.14 bits per heavy atom. The summed E-state index contributed by atoms with van der Waals surface area (Å²) in [5.41, 5.74) is 2.29. The maximum absolute atomic E-state index is 10.4. The van der Waals surface area contributed by atoms with Crippen LogP contribution in [-0.2, 0) is 10.2 Å². The summed E-state index contributed by atoms with van der Waals surface area (Å²) in [7, 11) is 1.69. The number of anilines is 1. The molecule has 0 bridgehead atoms. The molecule has 0 atom stereocenters. The third kappa shape index (κ3) is 2.34. The standard InChI is InChI=1S/C12H16NO/c1-12(2,3)10-5-7-11(8-6-10)13(4)9-14/h5-8H,1-4H3. The van der Waals surface area contributed by atoms with Crippen LogP contribution in [0.15, 0.2) is 24.3 Å². The van der Waals surface area contributed by atoms with Crippen LogP contribution in [0.2, 0.25) is 0 Å². The SMILES string of the molecule is CN([C]=O)c1ccc(C(C)(C)C)cc1. The Labute approximate surface area is 85.5 Å². The minimum Gasteiger partial charge on any atom is -0.307 e. The molecule has 1 aromatic carbocycles. The average Bonchev–Trinajstić information content (AvgIpc) is 2.15. The van der Waals surface area contributed by atoms with Gasteiger partial charge < -0.3 is 4.90 Å². The van der Waals surface area contributed by atoms with Crippen molar-refractivity contribution in [2.45, 2.75) is 26.2 Å². The Hall–Kier alpha value is -1.31. The fraction of sp³-hybridized carbons (Fsp3) is 0.417. The summed E-state index contributed by atoms with van der Waals surface area (Å²) < 4.78 is 0. The third-order valence-corrected chi connectivity index (χ3v) is 2.26. The van der Waals surface area contributed by atoms with Gasteiger partial charge in [0.05, 0.1) is 0 Å². The van der Waals surface area contributed by atoms with Crippen LogP contribution in [-0.4, -0.2) is 13.5 Å². The molecule has 1 amide bonds. The minimum atomic E-state index is 0.155. The molecule has 0 aliphatic carbocycles. The van der Waals surface area contributed by atoms with Gasteiger partial charge in [0, 0.05) is 12.7 Å². The van der Waals surface area contributed by atoms with Gasteiger partial charge in [-0.2, -0.15) is 0 Å². The van der Waals surface area contributed by atoms with Crippen LogP contribution in [0.3, 0.4) is 0 Å². The van der Waals surface area contributed by atoms with Gasteiger partial charge in [0.2, 0.25) is 0 Å². The van der Waals surface area contributed by atoms with Crippen LogP contribution in [0.4, 0.5) is 5.69 Å². The van der Waals surface area contributed by atoms with Crippen molar-refractivity contribution in [3.05, 3.63) is 29.8 Å². The predicted molar refractivity (Wildman–Crippen MR) is 59.2 cm³/mol.